The number of amides is 2. The third kappa shape index (κ3) is 3.16. The summed E-state index contributed by atoms with van der Waals surface area (Å²) in [6.45, 7) is 2.83. The molecule has 1 aromatic carbocycles. The quantitative estimate of drug-likeness (QED) is 0.591. The number of nitrogens with zero attached hydrogens (tertiary/aromatic N) is 2. The number of piperazine rings is 1. The van der Waals surface area contributed by atoms with E-state index < -0.39 is 22.8 Å². The third-order valence-corrected chi connectivity index (χ3v) is 3.35. The summed E-state index contributed by atoms with van der Waals surface area (Å²) in [5, 5.41) is 13.9. The lowest BCUT2D eigenvalue weighted by atomic mass is 10.1. The van der Waals surface area contributed by atoms with Crippen molar-refractivity contribution in [3.8, 4) is 0 Å². The zero-order valence-corrected chi connectivity index (χ0v) is 11.5. The highest BCUT2D eigenvalue weighted by Gasteiger charge is 2.31. The van der Waals surface area contributed by atoms with Crippen LogP contribution < -0.4 is 11.1 Å². The van der Waals surface area contributed by atoms with Gasteiger partial charge in [0.2, 0.25) is 5.91 Å². The summed E-state index contributed by atoms with van der Waals surface area (Å²) < 4.78 is 0. The second kappa shape index (κ2) is 5.88. The number of nitrogens with two attached hydrogens (primary N) is 1. The predicted molar refractivity (Wildman–Crippen MR) is 74.7 cm³/mol. The van der Waals surface area contributed by atoms with Crippen LogP contribution in [0.15, 0.2) is 18.2 Å². The van der Waals surface area contributed by atoms with Gasteiger partial charge in [-0.1, -0.05) is 0 Å². The van der Waals surface area contributed by atoms with Gasteiger partial charge in [-0.25, -0.2) is 0 Å². The summed E-state index contributed by atoms with van der Waals surface area (Å²) in [5.41, 5.74) is 5.95. The molecule has 0 saturated carbocycles. The standard InChI is InChI=1S/C13H16N4O4/c1-8-4-9(6-10(5-8)17(20)21)13(19)16-3-2-15-7-11(16)12(14)18/h4-6,11,15H,2-3,7H2,1H3,(H2,14,18). The summed E-state index contributed by atoms with van der Waals surface area (Å²) >= 11 is 0. The van der Waals surface area contributed by atoms with E-state index in [-0.39, 0.29) is 17.8 Å². The van der Waals surface area contributed by atoms with E-state index in [1.165, 1.54) is 17.0 Å². The molecule has 1 unspecified atom stereocenters. The monoisotopic (exact) mass is 292 g/mol. The van der Waals surface area contributed by atoms with Crippen molar-refractivity contribution in [2.24, 2.45) is 5.73 Å². The lowest BCUT2D eigenvalue weighted by Gasteiger charge is -2.34. The molecule has 0 aliphatic carbocycles. The minimum atomic E-state index is -0.745. The third-order valence-electron chi connectivity index (χ3n) is 3.35. The molecular weight excluding hydrogens is 276 g/mol. The van der Waals surface area contributed by atoms with Gasteiger partial charge in [-0.05, 0) is 18.6 Å². The Morgan fingerprint density at radius 3 is 2.76 bits per heavy atom. The zero-order chi connectivity index (χ0) is 15.6. The zero-order valence-electron chi connectivity index (χ0n) is 11.5. The molecule has 1 aliphatic rings. The highest BCUT2D eigenvalue weighted by Crippen LogP contribution is 2.19. The van der Waals surface area contributed by atoms with Gasteiger partial charge in [-0.2, -0.15) is 0 Å². The molecule has 3 N–H and O–H groups in total. The van der Waals surface area contributed by atoms with Gasteiger partial charge in [-0.15, -0.1) is 0 Å². The molecular formula is C13H16N4O4. The van der Waals surface area contributed by atoms with Crippen molar-refractivity contribution in [2.75, 3.05) is 19.6 Å². The number of non-ortho nitro benzene ring substituents is 1. The van der Waals surface area contributed by atoms with Crippen LogP contribution in [0.2, 0.25) is 0 Å². The molecule has 0 aromatic heterocycles. The van der Waals surface area contributed by atoms with E-state index in [0.29, 0.717) is 18.7 Å². The van der Waals surface area contributed by atoms with Crippen molar-refractivity contribution < 1.29 is 14.5 Å². The first kappa shape index (κ1) is 14.9. The van der Waals surface area contributed by atoms with Gasteiger partial charge in [0.15, 0.2) is 0 Å². The lowest BCUT2D eigenvalue weighted by molar-refractivity contribution is -0.384. The number of nitrogens with one attached hydrogen (secondary N) is 1. The Morgan fingerprint density at radius 2 is 2.14 bits per heavy atom. The number of hydrogen-bond acceptors (Lipinski definition) is 5. The number of carbonyl (C=O) groups is 2. The van der Waals surface area contributed by atoms with Crippen molar-refractivity contribution >= 4 is 17.5 Å². The molecule has 1 aliphatic heterocycles. The molecule has 1 saturated heterocycles. The van der Waals surface area contributed by atoms with E-state index >= 15 is 0 Å². The van der Waals surface area contributed by atoms with E-state index in [4.69, 9.17) is 5.73 Å². The van der Waals surface area contributed by atoms with Gasteiger partial charge in [0.05, 0.1) is 4.92 Å². The van der Waals surface area contributed by atoms with Crippen molar-refractivity contribution in [3.63, 3.8) is 0 Å². The fourth-order valence-electron chi connectivity index (χ4n) is 2.36. The molecule has 8 heteroatoms. The average Bonchev–Trinajstić information content (AvgIpc) is 2.45. The summed E-state index contributed by atoms with van der Waals surface area (Å²) in [4.78, 5) is 35.6. The van der Waals surface area contributed by atoms with Gasteiger partial charge in [0, 0.05) is 37.3 Å². The number of nitro groups is 1. The highest BCUT2D eigenvalue weighted by molar-refractivity contribution is 5.98. The minimum absolute atomic E-state index is 0.149. The number of aryl methyl sites for hydroxylation is 1. The Labute approximate surface area is 121 Å². The molecule has 1 heterocycles. The first-order chi connectivity index (χ1) is 9.90. The van der Waals surface area contributed by atoms with Crippen molar-refractivity contribution in [3.05, 3.63) is 39.4 Å². The first-order valence-corrected chi connectivity index (χ1v) is 6.47. The van der Waals surface area contributed by atoms with Crippen molar-refractivity contribution in [1.29, 1.82) is 0 Å². The van der Waals surface area contributed by atoms with E-state index in [2.05, 4.69) is 5.32 Å². The normalized spacial score (nSPS) is 18.3. The summed E-state index contributed by atoms with van der Waals surface area (Å²) in [6, 6.07) is 3.43. The molecule has 1 atom stereocenters. The lowest BCUT2D eigenvalue weighted by Crippen LogP contribution is -2.58. The number of benzene rings is 1. The van der Waals surface area contributed by atoms with E-state index in [1.807, 2.05) is 0 Å². The topological polar surface area (TPSA) is 119 Å². The second-order valence-corrected chi connectivity index (χ2v) is 4.94. The van der Waals surface area contributed by atoms with Gasteiger partial charge in [0.25, 0.3) is 11.6 Å². The van der Waals surface area contributed by atoms with Crippen LogP contribution in [0.1, 0.15) is 15.9 Å². The molecule has 2 rings (SSSR count). The summed E-state index contributed by atoms with van der Waals surface area (Å²) in [5.74, 6) is -1.02. The Balaban J connectivity index is 2.34. The maximum atomic E-state index is 12.5. The van der Waals surface area contributed by atoms with Gasteiger partial charge < -0.3 is 16.0 Å². The summed E-state index contributed by atoms with van der Waals surface area (Å²) in [7, 11) is 0. The fourth-order valence-corrected chi connectivity index (χ4v) is 2.36. The predicted octanol–water partition coefficient (Wildman–Crippen LogP) is -0.197. The largest absolute Gasteiger partial charge is 0.368 e. The van der Waals surface area contributed by atoms with Gasteiger partial charge in [-0.3, -0.25) is 19.7 Å². The highest BCUT2D eigenvalue weighted by atomic mass is 16.6. The molecule has 21 heavy (non-hydrogen) atoms. The number of hydrogen-bond donors (Lipinski definition) is 2. The van der Waals surface area contributed by atoms with Crippen LogP contribution in [0, 0.1) is 17.0 Å². The van der Waals surface area contributed by atoms with Crippen LogP contribution in [0.3, 0.4) is 0 Å². The molecule has 0 bridgehead atoms. The minimum Gasteiger partial charge on any atom is -0.368 e. The van der Waals surface area contributed by atoms with Crippen molar-refractivity contribution in [1.82, 2.24) is 10.2 Å². The van der Waals surface area contributed by atoms with Crippen LogP contribution in [0.25, 0.3) is 0 Å². The van der Waals surface area contributed by atoms with Gasteiger partial charge in [0.1, 0.15) is 6.04 Å². The van der Waals surface area contributed by atoms with Crippen LogP contribution in [-0.2, 0) is 4.79 Å². The molecule has 2 amide bonds. The van der Waals surface area contributed by atoms with Gasteiger partial charge >= 0.3 is 0 Å². The van der Waals surface area contributed by atoms with Crippen molar-refractivity contribution in [2.45, 2.75) is 13.0 Å². The van der Waals surface area contributed by atoms with E-state index in [1.54, 1.807) is 13.0 Å². The van der Waals surface area contributed by atoms with Crippen LogP contribution in [0.5, 0.6) is 0 Å². The molecule has 112 valence electrons. The number of primary amides is 1. The SMILES string of the molecule is Cc1cc(C(=O)N2CCNCC2C(N)=O)cc([N+](=O)[O-])c1. The smallest absolute Gasteiger partial charge is 0.270 e. The Morgan fingerprint density at radius 1 is 1.43 bits per heavy atom. The second-order valence-electron chi connectivity index (χ2n) is 4.94. The average molecular weight is 292 g/mol. The van der Waals surface area contributed by atoms with E-state index in [0.717, 1.165) is 0 Å². The Hall–Kier alpha value is -2.48. The van der Waals surface area contributed by atoms with Crippen LogP contribution >= 0.6 is 0 Å². The van der Waals surface area contributed by atoms with E-state index in [9.17, 15) is 19.7 Å². The Kier molecular flexibility index (Phi) is 4.18. The number of carbonyl (C=O) groups excluding carboxylic acids is 2. The Bertz CT molecular complexity index is 602. The van der Waals surface area contributed by atoms with Crippen LogP contribution in [-0.4, -0.2) is 47.3 Å². The molecule has 0 radical (unpaired) electrons. The van der Waals surface area contributed by atoms with Crippen LogP contribution in [0.4, 0.5) is 5.69 Å². The number of nitro benzene ring substituents is 1. The molecule has 1 aromatic rings. The maximum absolute atomic E-state index is 12.5. The first-order valence-electron chi connectivity index (χ1n) is 6.47. The maximum Gasteiger partial charge on any atom is 0.270 e. The number of rotatable bonds is 3. The fraction of sp³-hybridized carbons (Fsp3) is 0.385. The molecule has 8 nitrogen and oxygen atoms in total. The molecule has 1 fully saturated rings. The summed E-state index contributed by atoms with van der Waals surface area (Å²) in [6.07, 6.45) is 0. The molecule has 0 spiro atoms.